The first kappa shape index (κ1) is 14.5. The molecule has 4 heteroatoms. The predicted octanol–water partition coefficient (Wildman–Crippen LogP) is 1.24. The number of carbonyl (C=O) groups excluding carboxylic acids is 1. The van der Waals surface area contributed by atoms with Gasteiger partial charge in [0.2, 0.25) is 5.91 Å². The Morgan fingerprint density at radius 1 is 1.53 bits per heavy atom. The third kappa shape index (κ3) is 3.42. The highest BCUT2D eigenvalue weighted by atomic mass is 16.5. The first-order valence-electron chi connectivity index (χ1n) is 6.50. The second-order valence-electron chi connectivity index (χ2n) is 5.31. The van der Waals surface area contributed by atoms with Gasteiger partial charge in [-0.2, -0.15) is 0 Å². The fourth-order valence-corrected chi connectivity index (χ4v) is 2.58. The van der Waals surface area contributed by atoms with Gasteiger partial charge in [0.05, 0.1) is 12.6 Å². The van der Waals surface area contributed by atoms with Gasteiger partial charge in [0.25, 0.3) is 0 Å². The highest BCUT2D eigenvalue weighted by molar-refractivity contribution is 5.79. The minimum absolute atomic E-state index is 0.0862. The van der Waals surface area contributed by atoms with Crippen LogP contribution in [0.15, 0.2) is 0 Å². The number of hydrogen-bond donors (Lipinski definition) is 1. The van der Waals surface area contributed by atoms with Crippen LogP contribution < -0.4 is 5.73 Å². The van der Waals surface area contributed by atoms with Crippen molar-refractivity contribution in [2.24, 2.45) is 17.6 Å². The molecule has 100 valence electrons. The van der Waals surface area contributed by atoms with E-state index in [-0.39, 0.29) is 29.8 Å². The Hall–Kier alpha value is -0.610. The molecule has 1 amide bonds. The van der Waals surface area contributed by atoms with Gasteiger partial charge in [-0.25, -0.2) is 0 Å². The molecule has 1 aliphatic carbocycles. The number of amides is 1. The topological polar surface area (TPSA) is 55.6 Å². The molecule has 4 atom stereocenters. The molecule has 1 rings (SSSR count). The van der Waals surface area contributed by atoms with Crippen LogP contribution in [0, 0.1) is 11.8 Å². The van der Waals surface area contributed by atoms with E-state index >= 15 is 0 Å². The minimum atomic E-state index is 0.0862. The molecule has 0 saturated heterocycles. The van der Waals surface area contributed by atoms with Crippen molar-refractivity contribution in [2.75, 3.05) is 20.8 Å². The molecule has 0 aliphatic heterocycles. The van der Waals surface area contributed by atoms with Crippen LogP contribution in [0.1, 0.15) is 33.1 Å². The van der Waals surface area contributed by atoms with E-state index in [4.69, 9.17) is 10.5 Å². The third-order valence-electron chi connectivity index (χ3n) is 4.10. The Morgan fingerprint density at radius 3 is 2.76 bits per heavy atom. The van der Waals surface area contributed by atoms with E-state index < -0.39 is 0 Å². The van der Waals surface area contributed by atoms with Gasteiger partial charge >= 0.3 is 0 Å². The van der Waals surface area contributed by atoms with Crippen LogP contribution in [0.2, 0.25) is 0 Å². The maximum atomic E-state index is 12.4. The average Bonchev–Trinajstić information content (AvgIpc) is 2.31. The fourth-order valence-electron chi connectivity index (χ4n) is 2.58. The highest BCUT2D eigenvalue weighted by Crippen LogP contribution is 2.30. The Kier molecular flexibility index (Phi) is 5.40. The Morgan fingerprint density at radius 2 is 2.18 bits per heavy atom. The minimum Gasteiger partial charge on any atom is -0.383 e. The number of carbonyl (C=O) groups is 1. The van der Waals surface area contributed by atoms with Crippen LogP contribution in [-0.4, -0.2) is 43.7 Å². The molecule has 0 spiro atoms. The zero-order valence-electron chi connectivity index (χ0n) is 11.5. The van der Waals surface area contributed by atoms with Crippen LogP contribution >= 0.6 is 0 Å². The second kappa shape index (κ2) is 6.36. The van der Waals surface area contributed by atoms with Crippen molar-refractivity contribution in [1.82, 2.24) is 4.90 Å². The molecule has 0 aromatic rings. The molecule has 0 aromatic heterocycles. The van der Waals surface area contributed by atoms with Gasteiger partial charge in [0, 0.05) is 26.1 Å². The lowest BCUT2D eigenvalue weighted by Gasteiger charge is -2.36. The SMILES string of the molecule is COCC(C)N(C)C(=O)C1CCCC(N)C1C. The molecule has 17 heavy (non-hydrogen) atoms. The third-order valence-corrected chi connectivity index (χ3v) is 4.10. The van der Waals surface area contributed by atoms with Gasteiger partial charge in [0.15, 0.2) is 0 Å². The largest absolute Gasteiger partial charge is 0.383 e. The van der Waals surface area contributed by atoms with Crippen LogP contribution in [0.3, 0.4) is 0 Å². The lowest BCUT2D eigenvalue weighted by atomic mass is 9.76. The maximum absolute atomic E-state index is 12.4. The summed E-state index contributed by atoms with van der Waals surface area (Å²) in [6.45, 7) is 4.69. The van der Waals surface area contributed by atoms with Crippen LogP contribution in [0.25, 0.3) is 0 Å². The van der Waals surface area contributed by atoms with Crippen LogP contribution in [0.5, 0.6) is 0 Å². The van der Waals surface area contributed by atoms with E-state index in [9.17, 15) is 4.79 Å². The van der Waals surface area contributed by atoms with Gasteiger partial charge in [0.1, 0.15) is 0 Å². The van der Waals surface area contributed by atoms with E-state index in [1.165, 1.54) is 0 Å². The standard InChI is InChI=1S/C13H26N2O2/c1-9(8-17-4)15(3)13(16)11-6-5-7-12(14)10(11)2/h9-12H,5-8,14H2,1-4H3. The second-order valence-corrected chi connectivity index (χ2v) is 5.31. The normalized spacial score (nSPS) is 31.0. The number of ether oxygens (including phenoxy) is 1. The van der Waals surface area contributed by atoms with Gasteiger partial charge in [-0.3, -0.25) is 4.79 Å². The van der Waals surface area contributed by atoms with Gasteiger partial charge in [-0.1, -0.05) is 13.3 Å². The van der Waals surface area contributed by atoms with Crippen molar-refractivity contribution in [3.63, 3.8) is 0 Å². The monoisotopic (exact) mass is 242 g/mol. The lowest BCUT2D eigenvalue weighted by Crippen LogP contribution is -2.47. The molecular weight excluding hydrogens is 216 g/mol. The summed E-state index contributed by atoms with van der Waals surface area (Å²) in [5.41, 5.74) is 6.05. The van der Waals surface area contributed by atoms with Crippen molar-refractivity contribution < 1.29 is 9.53 Å². The molecule has 0 aromatic carbocycles. The number of nitrogens with zero attached hydrogens (tertiary/aromatic N) is 1. The summed E-state index contributed by atoms with van der Waals surface area (Å²) in [5, 5.41) is 0. The molecule has 4 unspecified atom stereocenters. The number of methoxy groups -OCH3 is 1. The van der Waals surface area contributed by atoms with Gasteiger partial charge in [-0.15, -0.1) is 0 Å². The van der Waals surface area contributed by atoms with Crippen molar-refractivity contribution in [2.45, 2.75) is 45.2 Å². The van der Waals surface area contributed by atoms with E-state index in [2.05, 4.69) is 6.92 Å². The number of rotatable bonds is 4. The van der Waals surface area contributed by atoms with Gasteiger partial charge in [-0.05, 0) is 25.7 Å². The van der Waals surface area contributed by atoms with Gasteiger partial charge < -0.3 is 15.4 Å². The zero-order valence-corrected chi connectivity index (χ0v) is 11.5. The summed E-state index contributed by atoms with van der Waals surface area (Å²) in [4.78, 5) is 14.2. The molecule has 1 aliphatic rings. The lowest BCUT2D eigenvalue weighted by molar-refractivity contribution is -0.140. The molecule has 0 radical (unpaired) electrons. The molecule has 2 N–H and O–H groups in total. The van der Waals surface area contributed by atoms with Crippen molar-refractivity contribution in [3.8, 4) is 0 Å². The summed E-state index contributed by atoms with van der Waals surface area (Å²) in [6, 6.07) is 0.293. The van der Waals surface area contributed by atoms with Crippen molar-refractivity contribution in [1.29, 1.82) is 0 Å². The quantitative estimate of drug-likeness (QED) is 0.807. The summed E-state index contributed by atoms with van der Waals surface area (Å²) >= 11 is 0. The summed E-state index contributed by atoms with van der Waals surface area (Å²) in [7, 11) is 3.52. The number of hydrogen-bond acceptors (Lipinski definition) is 3. The van der Waals surface area contributed by atoms with Crippen LogP contribution in [-0.2, 0) is 9.53 Å². The van der Waals surface area contributed by atoms with E-state index in [1.54, 1.807) is 7.11 Å². The highest BCUT2D eigenvalue weighted by Gasteiger charge is 2.35. The zero-order chi connectivity index (χ0) is 13.0. The Bertz CT molecular complexity index is 258. The number of nitrogens with two attached hydrogens (primary N) is 1. The van der Waals surface area contributed by atoms with E-state index in [1.807, 2.05) is 18.9 Å². The van der Waals surface area contributed by atoms with Crippen LogP contribution in [0.4, 0.5) is 0 Å². The molecule has 0 heterocycles. The Balaban J connectivity index is 2.61. The van der Waals surface area contributed by atoms with Crippen molar-refractivity contribution in [3.05, 3.63) is 0 Å². The molecule has 1 saturated carbocycles. The molecule has 1 fully saturated rings. The molecule has 4 nitrogen and oxygen atoms in total. The fraction of sp³-hybridized carbons (Fsp3) is 0.923. The summed E-state index contributed by atoms with van der Waals surface area (Å²) < 4.78 is 5.09. The first-order valence-corrected chi connectivity index (χ1v) is 6.50. The molecule has 0 bridgehead atoms. The summed E-state index contributed by atoms with van der Waals surface area (Å²) in [5.74, 6) is 0.591. The van der Waals surface area contributed by atoms with E-state index in [0.29, 0.717) is 6.61 Å². The Labute approximate surface area is 104 Å². The van der Waals surface area contributed by atoms with Crippen molar-refractivity contribution >= 4 is 5.91 Å². The number of likely N-dealkylation sites (N-methyl/N-ethyl adjacent to an activating group) is 1. The maximum Gasteiger partial charge on any atom is 0.226 e. The average molecular weight is 242 g/mol. The first-order chi connectivity index (χ1) is 7.99. The summed E-state index contributed by atoms with van der Waals surface area (Å²) in [6.07, 6.45) is 3.08. The smallest absolute Gasteiger partial charge is 0.226 e. The molecular formula is C13H26N2O2. The predicted molar refractivity (Wildman–Crippen MR) is 68.6 cm³/mol. The van der Waals surface area contributed by atoms with E-state index in [0.717, 1.165) is 19.3 Å².